The highest BCUT2D eigenvalue weighted by Crippen LogP contribution is 2.38. The number of carbonyl (C=O) groups is 1. The SMILES string of the molecule is CC1CC1C(=O)OCc1csc(-c2ccc(C(F)(F)F)cc2)n1. The van der Waals surface area contributed by atoms with Crippen LogP contribution < -0.4 is 0 Å². The topological polar surface area (TPSA) is 39.2 Å². The van der Waals surface area contributed by atoms with Gasteiger partial charge in [-0.1, -0.05) is 19.1 Å². The molecule has 1 aliphatic carbocycles. The van der Waals surface area contributed by atoms with Crippen LogP contribution >= 0.6 is 11.3 Å². The fourth-order valence-electron chi connectivity index (χ4n) is 2.21. The van der Waals surface area contributed by atoms with Gasteiger partial charge in [0, 0.05) is 10.9 Å². The summed E-state index contributed by atoms with van der Waals surface area (Å²) in [5, 5.41) is 2.35. The van der Waals surface area contributed by atoms with Gasteiger partial charge >= 0.3 is 12.1 Å². The van der Waals surface area contributed by atoms with E-state index in [9.17, 15) is 18.0 Å². The Morgan fingerprint density at radius 3 is 2.57 bits per heavy atom. The number of halogens is 3. The van der Waals surface area contributed by atoms with E-state index in [4.69, 9.17) is 4.74 Å². The summed E-state index contributed by atoms with van der Waals surface area (Å²) in [6.45, 7) is 2.09. The molecule has 3 rings (SSSR count). The lowest BCUT2D eigenvalue weighted by molar-refractivity contribution is -0.147. The van der Waals surface area contributed by atoms with Gasteiger partial charge in [0.2, 0.25) is 0 Å². The molecule has 0 radical (unpaired) electrons. The Morgan fingerprint density at radius 1 is 1.35 bits per heavy atom. The minimum atomic E-state index is -4.35. The van der Waals surface area contributed by atoms with E-state index in [1.165, 1.54) is 23.5 Å². The zero-order chi connectivity index (χ0) is 16.6. The first kappa shape index (κ1) is 16.0. The van der Waals surface area contributed by atoms with E-state index in [1.807, 2.05) is 6.92 Å². The molecule has 0 bridgehead atoms. The summed E-state index contributed by atoms with van der Waals surface area (Å²) in [4.78, 5) is 15.9. The van der Waals surface area contributed by atoms with Gasteiger partial charge in [0.1, 0.15) is 11.6 Å². The molecule has 1 saturated carbocycles. The standard InChI is InChI=1S/C16H14F3NO2S/c1-9-6-13(9)15(21)22-7-12-8-23-14(20-12)10-2-4-11(5-3-10)16(17,18)19/h2-5,8-9,13H,6-7H2,1H3. The van der Waals surface area contributed by atoms with E-state index < -0.39 is 11.7 Å². The number of aromatic nitrogens is 1. The summed E-state index contributed by atoms with van der Waals surface area (Å²) in [5.74, 6) is 0.185. The zero-order valence-corrected chi connectivity index (χ0v) is 13.1. The normalized spacial score (nSPS) is 20.3. The fraction of sp³-hybridized carbons (Fsp3) is 0.375. The van der Waals surface area contributed by atoms with Gasteiger partial charge in [0.05, 0.1) is 17.2 Å². The fourth-order valence-corrected chi connectivity index (χ4v) is 3.02. The van der Waals surface area contributed by atoms with Crippen molar-refractivity contribution in [1.29, 1.82) is 0 Å². The third-order valence-electron chi connectivity index (χ3n) is 3.79. The molecular formula is C16H14F3NO2S. The molecule has 3 nitrogen and oxygen atoms in total. The summed E-state index contributed by atoms with van der Waals surface area (Å²) < 4.78 is 42.8. The first-order valence-electron chi connectivity index (χ1n) is 7.13. The van der Waals surface area contributed by atoms with Gasteiger partial charge in [-0.3, -0.25) is 4.79 Å². The summed E-state index contributed by atoms with van der Waals surface area (Å²) in [6.07, 6.45) is -3.48. The first-order chi connectivity index (χ1) is 10.8. The average molecular weight is 341 g/mol. The summed E-state index contributed by atoms with van der Waals surface area (Å²) in [5.41, 5.74) is 0.522. The Kier molecular flexibility index (Phi) is 4.14. The van der Waals surface area contributed by atoms with Gasteiger partial charge in [-0.15, -0.1) is 11.3 Å². The summed E-state index contributed by atoms with van der Waals surface area (Å²) in [6, 6.07) is 4.85. The Labute approximate surface area is 135 Å². The molecule has 2 unspecified atom stereocenters. The van der Waals surface area contributed by atoms with Gasteiger partial charge in [-0.05, 0) is 24.5 Å². The second kappa shape index (κ2) is 5.96. The number of benzene rings is 1. The van der Waals surface area contributed by atoms with Crippen LogP contribution in [0.25, 0.3) is 10.6 Å². The van der Waals surface area contributed by atoms with Crippen LogP contribution in [-0.4, -0.2) is 11.0 Å². The maximum atomic E-state index is 12.5. The first-order valence-corrected chi connectivity index (χ1v) is 8.01. The van der Waals surface area contributed by atoms with E-state index in [2.05, 4.69) is 4.98 Å². The Hall–Kier alpha value is -1.89. The van der Waals surface area contributed by atoms with Crippen molar-refractivity contribution < 1.29 is 22.7 Å². The van der Waals surface area contributed by atoms with Crippen LogP contribution in [0.5, 0.6) is 0 Å². The third kappa shape index (κ3) is 3.72. The molecule has 1 aromatic heterocycles. The summed E-state index contributed by atoms with van der Waals surface area (Å²) in [7, 11) is 0. The second-order valence-corrected chi connectivity index (χ2v) is 6.50. The highest BCUT2D eigenvalue weighted by atomic mass is 32.1. The smallest absolute Gasteiger partial charge is 0.416 e. The molecule has 0 N–H and O–H groups in total. The maximum absolute atomic E-state index is 12.5. The van der Waals surface area contributed by atoms with E-state index >= 15 is 0 Å². The molecule has 2 atom stereocenters. The molecule has 0 aliphatic heterocycles. The zero-order valence-electron chi connectivity index (χ0n) is 12.3. The van der Waals surface area contributed by atoms with Crippen molar-refractivity contribution in [2.24, 2.45) is 11.8 Å². The lowest BCUT2D eigenvalue weighted by Gasteiger charge is -2.06. The average Bonchev–Trinajstić information content (AvgIpc) is 3.06. The minimum absolute atomic E-state index is 0.00280. The molecule has 1 aliphatic rings. The van der Waals surface area contributed by atoms with E-state index in [1.54, 1.807) is 5.38 Å². The molecular weight excluding hydrogens is 327 g/mol. The Bertz CT molecular complexity index is 709. The van der Waals surface area contributed by atoms with Crippen molar-refractivity contribution in [2.45, 2.75) is 26.1 Å². The molecule has 0 spiro atoms. The second-order valence-electron chi connectivity index (χ2n) is 5.65. The number of hydrogen-bond donors (Lipinski definition) is 0. The number of alkyl halides is 3. The number of carbonyl (C=O) groups excluding carboxylic acids is 1. The molecule has 0 saturated heterocycles. The lowest BCUT2D eigenvalue weighted by Crippen LogP contribution is -2.07. The third-order valence-corrected chi connectivity index (χ3v) is 4.73. The van der Waals surface area contributed by atoms with Crippen LogP contribution in [0.4, 0.5) is 13.2 Å². The predicted molar refractivity (Wildman–Crippen MR) is 79.6 cm³/mol. The van der Waals surface area contributed by atoms with Crippen LogP contribution in [0, 0.1) is 11.8 Å². The van der Waals surface area contributed by atoms with Crippen LogP contribution in [0.2, 0.25) is 0 Å². The monoisotopic (exact) mass is 341 g/mol. The van der Waals surface area contributed by atoms with Crippen LogP contribution in [0.3, 0.4) is 0 Å². The van der Waals surface area contributed by atoms with Crippen molar-refractivity contribution in [3.63, 3.8) is 0 Å². The minimum Gasteiger partial charge on any atom is -0.459 e. The number of thiazole rings is 1. The van der Waals surface area contributed by atoms with Crippen LogP contribution in [-0.2, 0) is 22.3 Å². The van der Waals surface area contributed by atoms with Crippen molar-refractivity contribution >= 4 is 17.3 Å². The Balaban J connectivity index is 1.63. The molecule has 1 fully saturated rings. The predicted octanol–water partition coefficient (Wildman–Crippen LogP) is 4.53. The van der Waals surface area contributed by atoms with Crippen molar-refractivity contribution in [2.75, 3.05) is 0 Å². The quantitative estimate of drug-likeness (QED) is 0.767. The maximum Gasteiger partial charge on any atom is 0.416 e. The number of ether oxygens (including phenoxy) is 1. The van der Waals surface area contributed by atoms with E-state index in [0.717, 1.165) is 18.6 Å². The van der Waals surface area contributed by atoms with Crippen molar-refractivity contribution in [3.05, 3.63) is 40.9 Å². The highest BCUT2D eigenvalue weighted by molar-refractivity contribution is 7.13. The van der Waals surface area contributed by atoms with Gasteiger partial charge < -0.3 is 4.74 Å². The van der Waals surface area contributed by atoms with Crippen molar-refractivity contribution in [3.8, 4) is 10.6 Å². The van der Waals surface area contributed by atoms with Gasteiger partial charge in [0.25, 0.3) is 0 Å². The Morgan fingerprint density at radius 2 is 2.00 bits per heavy atom. The van der Waals surface area contributed by atoms with Gasteiger partial charge in [-0.25, -0.2) is 4.98 Å². The highest BCUT2D eigenvalue weighted by Gasteiger charge is 2.40. The number of rotatable bonds is 4. The number of esters is 1. The number of nitrogens with zero attached hydrogens (tertiary/aromatic N) is 1. The van der Waals surface area contributed by atoms with E-state index in [-0.39, 0.29) is 18.5 Å². The molecule has 2 aromatic rings. The molecule has 23 heavy (non-hydrogen) atoms. The van der Waals surface area contributed by atoms with E-state index in [0.29, 0.717) is 22.2 Å². The van der Waals surface area contributed by atoms with Crippen LogP contribution in [0.1, 0.15) is 24.6 Å². The molecule has 122 valence electrons. The molecule has 7 heteroatoms. The van der Waals surface area contributed by atoms with Crippen LogP contribution in [0.15, 0.2) is 29.6 Å². The molecule has 1 heterocycles. The molecule has 1 aromatic carbocycles. The number of hydrogen-bond acceptors (Lipinski definition) is 4. The van der Waals surface area contributed by atoms with Gasteiger partial charge in [-0.2, -0.15) is 13.2 Å². The summed E-state index contributed by atoms with van der Waals surface area (Å²) >= 11 is 1.31. The molecule has 0 amide bonds. The largest absolute Gasteiger partial charge is 0.459 e. The lowest BCUT2D eigenvalue weighted by atomic mass is 10.1. The van der Waals surface area contributed by atoms with Crippen molar-refractivity contribution in [1.82, 2.24) is 4.98 Å². The van der Waals surface area contributed by atoms with Gasteiger partial charge in [0.15, 0.2) is 0 Å².